The number of benzene rings is 1. The Morgan fingerprint density at radius 1 is 0.727 bits per heavy atom. The van der Waals surface area contributed by atoms with Gasteiger partial charge in [-0.25, -0.2) is 0 Å². The predicted octanol–water partition coefficient (Wildman–Crippen LogP) is -4.07. The van der Waals surface area contributed by atoms with Crippen molar-refractivity contribution in [2.75, 3.05) is 0 Å². The van der Waals surface area contributed by atoms with E-state index in [0.29, 0.717) is 0 Å². The molecule has 0 aliphatic rings. The Morgan fingerprint density at radius 2 is 0.909 bits per heavy atom. The third-order valence-corrected chi connectivity index (χ3v) is 1.22. The van der Waals surface area contributed by atoms with E-state index in [1.165, 1.54) is 11.1 Å². The molecule has 0 amide bonds. The van der Waals surface area contributed by atoms with Crippen molar-refractivity contribution < 1.29 is 24.8 Å². The van der Waals surface area contributed by atoms with Crippen LogP contribution in [0.15, 0.2) is 24.3 Å². The average Bonchev–Trinajstić information content (AvgIpc) is 1.77. The maximum Gasteiger partial charge on any atom is 2.00 e. The molecule has 0 aliphatic heterocycles. The summed E-state index contributed by atoms with van der Waals surface area (Å²) in [5, 5.41) is 0. The van der Waals surface area contributed by atoms with Crippen molar-refractivity contribution in [2.24, 2.45) is 0 Å². The molecule has 0 saturated carbocycles. The molecule has 3 heteroatoms. The van der Waals surface area contributed by atoms with Crippen LogP contribution in [0.5, 0.6) is 0 Å². The van der Waals surface area contributed by atoms with Crippen molar-refractivity contribution in [3.8, 4) is 0 Å². The average molecular weight is 201 g/mol. The van der Waals surface area contributed by atoms with Crippen LogP contribution in [-0.2, 0) is 0 Å². The van der Waals surface area contributed by atoms with E-state index in [-0.39, 0.29) is 47.9 Å². The molecule has 0 aliphatic carbocycles. The fourth-order valence-electron chi connectivity index (χ4n) is 0.637. The molecule has 0 atom stereocenters. The Hall–Kier alpha value is 0.566. The van der Waals surface area contributed by atoms with Gasteiger partial charge in [0.05, 0.1) is 0 Å². The Morgan fingerprint density at radius 3 is 1.09 bits per heavy atom. The maximum atomic E-state index is 2.12. The van der Waals surface area contributed by atoms with Crippen LogP contribution in [0.25, 0.3) is 0 Å². The van der Waals surface area contributed by atoms with E-state index in [2.05, 4.69) is 38.1 Å². The number of hydrogen-bond donors (Lipinski definition) is 0. The summed E-state index contributed by atoms with van der Waals surface area (Å²) in [6.07, 6.45) is 0. The Labute approximate surface area is 96.7 Å². The van der Waals surface area contributed by atoms with Crippen molar-refractivity contribution in [1.29, 1.82) is 0 Å². The molecule has 11 heavy (non-hydrogen) atoms. The van der Waals surface area contributed by atoms with Crippen molar-refractivity contribution in [2.45, 2.75) is 13.8 Å². The summed E-state index contributed by atoms with van der Waals surface area (Å²) in [4.78, 5) is 0. The topological polar surface area (TPSA) is 0 Å². The first-order valence-corrected chi connectivity index (χ1v) is 2.82. The van der Waals surface area contributed by atoms with Crippen LogP contribution in [0, 0.1) is 13.8 Å². The quantitative estimate of drug-likeness (QED) is 0.375. The summed E-state index contributed by atoms with van der Waals surface area (Å²) < 4.78 is 0. The van der Waals surface area contributed by atoms with Gasteiger partial charge in [0.2, 0.25) is 0 Å². The van der Waals surface area contributed by atoms with Crippen LogP contribution >= 0.6 is 0 Å². The van der Waals surface area contributed by atoms with Crippen LogP contribution in [0.4, 0.5) is 0 Å². The SMILES string of the molecule is Cc1ccc(C)cc1.[Cl-].[Cl-].[Mg+2]. The minimum atomic E-state index is 0. The Bertz CT molecular complexity index is 151. The summed E-state index contributed by atoms with van der Waals surface area (Å²) in [5.74, 6) is 0. The van der Waals surface area contributed by atoms with Crippen LogP contribution in [0.3, 0.4) is 0 Å². The van der Waals surface area contributed by atoms with Gasteiger partial charge >= 0.3 is 23.1 Å². The molecule has 0 fully saturated rings. The molecule has 58 valence electrons. The molecule has 1 rings (SSSR count). The third-order valence-electron chi connectivity index (χ3n) is 1.22. The second kappa shape index (κ2) is 8.66. The van der Waals surface area contributed by atoms with Crippen molar-refractivity contribution in [1.82, 2.24) is 0 Å². The standard InChI is InChI=1S/C8H10.2ClH.Mg/c1-7-3-5-8(2)6-4-7;;;/h3-6H,1-2H3;2*1H;/q;;;+2/p-2. The fraction of sp³-hybridized carbons (Fsp3) is 0.250. The van der Waals surface area contributed by atoms with Gasteiger partial charge < -0.3 is 24.8 Å². The molecule has 0 aromatic heterocycles. The number of hydrogen-bond acceptors (Lipinski definition) is 0. The summed E-state index contributed by atoms with van der Waals surface area (Å²) >= 11 is 0. The molecule has 0 saturated heterocycles. The van der Waals surface area contributed by atoms with Gasteiger partial charge in [-0.05, 0) is 13.8 Å². The molecular weight excluding hydrogens is 191 g/mol. The molecule has 0 N–H and O–H groups in total. The minimum Gasteiger partial charge on any atom is -1.00 e. The van der Waals surface area contributed by atoms with Crippen LogP contribution in [0.1, 0.15) is 11.1 Å². The smallest absolute Gasteiger partial charge is 1.00 e. The van der Waals surface area contributed by atoms with Gasteiger partial charge in [0.1, 0.15) is 0 Å². The molecule has 0 bridgehead atoms. The van der Waals surface area contributed by atoms with Gasteiger partial charge in [-0.2, -0.15) is 0 Å². The number of rotatable bonds is 0. The molecule has 0 nitrogen and oxygen atoms in total. The second-order valence-corrected chi connectivity index (χ2v) is 2.15. The van der Waals surface area contributed by atoms with Gasteiger partial charge in [-0.3, -0.25) is 0 Å². The molecular formula is C8H10Cl2Mg. The Balaban J connectivity index is -0.000000213. The van der Waals surface area contributed by atoms with Gasteiger partial charge in [0, 0.05) is 0 Å². The van der Waals surface area contributed by atoms with Gasteiger partial charge in [0.15, 0.2) is 0 Å². The third kappa shape index (κ3) is 6.94. The van der Waals surface area contributed by atoms with Crippen molar-refractivity contribution in [3.05, 3.63) is 35.4 Å². The largest absolute Gasteiger partial charge is 2.00 e. The zero-order valence-electron chi connectivity index (χ0n) is 6.77. The number of aryl methyl sites for hydroxylation is 2. The van der Waals surface area contributed by atoms with E-state index in [4.69, 9.17) is 0 Å². The first-order valence-electron chi connectivity index (χ1n) is 2.82. The van der Waals surface area contributed by atoms with E-state index in [1.807, 2.05) is 0 Å². The van der Waals surface area contributed by atoms with Crippen LogP contribution < -0.4 is 24.8 Å². The molecule has 0 unspecified atom stereocenters. The molecule has 0 heterocycles. The van der Waals surface area contributed by atoms with E-state index in [1.54, 1.807) is 0 Å². The minimum absolute atomic E-state index is 0. The van der Waals surface area contributed by atoms with Gasteiger partial charge in [-0.1, -0.05) is 35.4 Å². The molecule has 1 aromatic carbocycles. The van der Waals surface area contributed by atoms with Crippen molar-refractivity contribution in [3.63, 3.8) is 0 Å². The first-order chi connectivity index (χ1) is 3.79. The van der Waals surface area contributed by atoms with E-state index < -0.39 is 0 Å². The van der Waals surface area contributed by atoms with Crippen LogP contribution in [-0.4, -0.2) is 23.1 Å². The van der Waals surface area contributed by atoms with E-state index in [9.17, 15) is 0 Å². The molecule has 0 radical (unpaired) electrons. The van der Waals surface area contributed by atoms with Gasteiger partial charge in [-0.15, -0.1) is 0 Å². The second-order valence-electron chi connectivity index (χ2n) is 2.15. The van der Waals surface area contributed by atoms with Crippen LogP contribution in [0.2, 0.25) is 0 Å². The Kier molecular flexibility index (Phi) is 13.9. The fourth-order valence-corrected chi connectivity index (χ4v) is 0.637. The summed E-state index contributed by atoms with van der Waals surface area (Å²) in [6, 6.07) is 8.48. The van der Waals surface area contributed by atoms with Crippen molar-refractivity contribution >= 4 is 23.1 Å². The molecule has 0 spiro atoms. The van der Waals surface area contributed by atoms with Gasteiger partial charge in [0.25, 0.3) is 0 Å². The summed E-state index contributed by atoms with van der Waals surface area (Å²) in [6.45, 7) is 4.19. The van der Waals surface area contributed by atoms with E-state index >= 15 is 0 Å². The monoisotopic (exact) mass is 200 g/mol. The first kappa shape index (κ1) is 17.6. The zero-order valence-corrected chi connectivity index (χ0v) is 9.70. The normalized spacial score (nSPS) is 6.73. The molecule has 1 aromatic rings. The summed E-state index contributed by atoms with van der Waals surface area (Å²) in [7, 11) is 0. The predicted molar refractivity (Wildman–Crippen MR) is 41.7 cm³/mol. The zero-order chi connectivity index (χ0) is 5.98. The van der Waals surface area contributed by atoms with E-state index in [0.717, 1.165) is 0 Å². The summed E-state index contributed by atoms with van der Waals surface area (Å²) in [5.41, 5.74) is 2.66. The maximum absolute atomic E-state index is 2.12. The number of halogens is 2.